The summed E-state index contributed by atoms with van der Waals surface area (Å²) >= 11 is 0. The SMILES string of the molecule is CCCC(=O)NCCOCCOCCOCCOCCOCCOCCOCCOCCC(=O)N[C@H](C(=O)N[C@@H](CCCNC(N)=O)C(=O)Nc1ccc(CC(C)C)cc1)C(C)C. The highest BCUT2D eigenvalue weighted by Crippen LogP contribution is 2.14. The highest BCUT2D eigenvalue weighted by Gasteiger charge is 2.29. The van der Waals surface area contributed by atoms with E-state index in [0.717, 1.165) is 18.4 Å². The molecule has 7 N–H and O–H groups in total. The van der Waals surface area contributed by atoms with Crippen molar-refractivity contribution >= 4 is 35.3 Å². The van der Waals surface area contributed by atoms with E-state index in [0.29, 0.717) is 123 Å². The number of primary amides is 1. The van der Waals surface area contributed by atoms with E-state index in [2.05, 4.69) is 40.4 Å². The lowest BCUT2D eigenvalue weighted by Crippen LogP contribution is -2.54. The van der Waals surface area contributed by atoms with Gasteiger partial charge in [0.2, 0.25) is 23.6 Å². The van der Waals surface area contributed by atoms with Crippen molar-refractivity contribution in [3.8, 4) is 0 Å². The molecule has 0 saturated heterocycles. The first kappa shape index (κ1) is 57.1. The number of benzene rings is 1. The van der Waals surface area contributed by atoms with Crippen LogP contribution < -0.4 is 32.3 Å². The van der Waals surface area contributed by atoms with Gasteiger partial charge in [0.25, 0.3) is 0 Å². The number of urea groups is 1. The third-order valence-corrected chi connectivity index (χ3v) is 8.86. The molecule has 0 fully saturated rings. The van der Waals surface area contributed by atoms with Crippen molar-refractivity contribution in [2.24, 2.45) is 17.6 Å². The normalized spacial score (nSPS) is 12.2. The highest BCUT2D eigenvalue weighted by molar-refractivity contribution is 5.98. The lowest BCUT2D eigenvalue weighted by molar-refractivity contribution is -0.132. The van der Waals surface area contributed by atoms with Crippen LogP contribution in [0, 0.1) is 11.8 Å². The third-order valence-electron chi connectivity index (χ3n) is 8.86. The second-order valence-electron chi connectivity index (χ2n) is 15.3. The third kappa shape index (κ3) is 33.3. The molecule has 1 aromatic carbocycles. The molecule has 0 aliphatic carbocycles. The van der Waals surface area contributed by atoms with Gasteiger partial charge in [0.1, 0.15) is 12.1 Å². The topological polar surface area (TPSA) is 245 Å². The summed E-state index contributed by atoms with van der Waals surface area (Å²) in [6.07, 6.45) is 2.93. The van der Waals surface area contributed by atoms with Crippen LogP contribution in [0.4, 0.5) is 10.5 Å². The van der Waals surface area contributed by atoms with Gasteiger partial charge in [0.15, 0.2) is 0 Å². The van der Waals surface area contributed by atoms with Gasteiger partial charge in [-0.25, -0.2) is 4.79 Å². The number of anilines is 1. The fourth-order valence-electron chi connectivity index (χ4n) is 5.64. The lowest BCUT2D eigenvalue weighted by atomic mass is 10.0. The zero-order valence-corrected chi connectivity index (χ0v) is 38.5. The maximum atomic E-state index is 13.4. The molecule has 1 rings (SSSR count). The number of ether oxygens (including phenoxy) is 8. The van der Waals surface area contributed by atoms with E-state index in [9.17, 15) is 24.0 Å². The summed E-state index contributed by atoms with van der Waals surface area (Å²) in [5.41, 5.74) is 6.92. The summed E-state index contributed by atoms with van der Waals surface area (Å²) in [7, 11) is 0. The Morgan fingerprint density at radius 2 is 1.03 bits per heavy atom. The zero-order chi connectivity index (χ0) is 46.3. The number of hydrogen-bond acceptors (Lipinski definition) is 13. The van der Waals surface area contributed by atoms with Gasteiger partial charge in [-0.1, -0.05) is 46.8 Å². The van der Waals surface area contributed by atoms with Crippen LogP contribution in [-0.2, 0) is 63.5 Å². The van der Waals surface area contributed by atoms with Crippen LogP contribution in [-0.4, -0.2) is 161 Å². The zero-order valence-electron chi connectivity index (χ0n) is 38.5. The number of nitrogens with one attached hydrogen (secondary N) is 5. The van der Waals surface area contributed by atoms with Crippen molar-refractivity contribution in [1.82, 2.24) is 21.3 Å². The maximum Gasteiger partial charge on any atom is 0.312 e. The summed E-state index contributed by atoms with van der Waals surface area (Å²) < 4.78 is 43.9. The fourth-order valence-corrected chi connectivity index (χ4v) is 5.64. The van der Waals surface area contributed by atoms with E-state index in [1.807, 2.05) is 31.2 Å². The number of nitrogens with two attached hydrogens (primary N) is 1. The average molecular weight is 899 g/mol. The minimum absolute atomic E-state index is 0.0329. The van der Waals surface area contributed by atoms with E-state index in [-0.39, 0.29) is 50.3 Å². The summed E-state index contributed by atoms with van der Waals surface area (Å²) in [5.74, 6) is -1.01. The molecule has 0 saturated carbocycles. The molecule has 63 heavy (non-hydrogen) atoms. The molecule has 1 aromatic rings. The van der Waals surface area contributed by atoms with E-state index in [1.54, 1.807) is 13.8 Å². The molecule has 0 radical (unpaired) electrons. The Hall–Kier alpha value is -3.95. The molecule has 0 aliphatic rings. The highest BCUT2D eigenvalue weighted by atomic mass is 16.6. The molecule has 19 nitrogen and oxygen atoms in total. The predicted molar refractivity (Wildman–Crippen MR) is 238 cm³/mol. The fraction of sp³-hybridized carbons (Fsp3) is 0.750. The maximum absolute atomic E-state index is 13.4. The van der Waals surface area contributed by atoms with Crippen molar-refractivity contribution in [2.45, 2.75) is 85.2 Å². The number of hydrogen-bond donors (Lipinski definition) is 6. The first-order chi connectivity index (χ1) is 30.4. The Balaban J connectivity index is 2.12. The van der Waals surface area contributed by atoms with Gasteiger partial charge in [-0.3, -0.25) is 19.2 Å². The lowest BCUT2D eigenvalue weighted by Gasteiger charge is -2.25. The van der Waals surface area contributed by atoms with Crippen LogP contribution in [0.5, 0.6) is 0 Å². The predicted octanol–water partition coefficient (Wildman–Crippen LogP) is 2.34. The van der Waals surface area contributed by atoms with Crippen molar-refractivity contribution < 1.29 is 61.9 Å². The largest absolute Gasteiger partial charge is 0.379 e. The first-order valence-corrected chi connectivity index (χ1v) is 22.3. The second-order valence-corrected chi connectivity index (χ2v) is 15.3. The molecule has 2 atom stereocenters. The summed E-state index contributed by atoms with van der Waals surface area (Å²) in [5, 5.41) is 13.7. The minimum atomic E-state index is -0.925. The number of carbonyl (C=O) groups is 5. The van der Waals surface area contributed by atoms with Crippen molar-refractivity contribution in [3.63, 3.8) is 0 Å². The smallest absolute Gasteiger partial charge is 0.312 e. The Bertz CT molecular complexity index is 1360. The van der Waals surface area contributed by atoms with Gasteiger partial charge >= 0.3 is 6.03 Å². The Morgan fingerprint density at radius 1 is 0.556 bits per heavy atom. The van der Waals surface area contributed by atoms with Crippen LogP contribution in [0.25, 0.3) is 0 Å². The van der Waals surface area contributed by atoms with Gasteiger partial charge in [0.05, 0.1) is 106 Å². The minimum Gasteiger partial charge on any atom is -0.379 e. The summed E-state index contributed by atoms with van der Waals surface area (Å²) in [4.78, 5) is 62.0. The monoisotopic (exact) mass is 899 g/mol. The molecule has 0 spiro atoms. The molecule has 0 unspecified atom stereocenters. The molecule has 19 heteroatoms. The van der Waals surface area contributed by atoms with E-state index >= 15 is 0 Å². The average Bonchev–Trinajstić information content (AvgIpc) is 3.23. The van der Waals surface area contributed by atoms with Gasteiger partial charge in [0, 0.05) is 31.6 Å². The number of rotatable bonds is 41. The number of amides is 6. The van der Waals surface area contributed by atoms with E-state index in [1.165, 1.54) is 0 Å². The van der Waals surface area contributed by atoms with Crippen LogP contribution in [0.15, 0.2) is 24.3 Å². The van der Waals surface area contributed by atoms with Crippen molar-refractivity contribution in [2.75, 3.05) is 124 Å². The summed E-state index contributed by atoms with van der Waals surface area (Å²) in [6, 6.07) is 5.07. The van der Waals surface area contributed by atoms with Crippen LogP contribution >= 0.6 is 0 Å². The second kappa shape index (κ2) is 38.5. The summed E-state index contributed by atoms with van der Waals surface area (Å²) in [6.45, 7) is 17.1. The molecular weight excluding hydrogens is 821 g/mol. The molecule has 0 bridgehead atoms. The van der Waals surface area contributed by atoms with Gasteiger partial charge in [-0.2, -0.15) is 0 Å². The molecule has 0 aromatic heterocycles. The quantitative estimate of drug-likeness (QED) is 0.0518. The van der Waals surface area contributed by atoms with Crippen LogP contribution in [0.2, 0.25) is 0 Å². The molecular formula is C44H78N6O13. The number of carbonyl (C=O) groups excluding carboxylic acids is 5. The molecule has 0 aliphatic heterocycles. The van der Waals surface area contributed by atoms with Gasteiger partial charge in [-0.15, -0.1) is 0 Å². The Labute approximate surface area is 374 Å². The standard InChI is InChI=1S/C44H78N6O13/c1-6-8-39(51)46-16-18-57-20-22-59-24-26-61-28-30-63-32-31-62-29-27-60-25-23-58-21-19-56-17-14-40(52)50-41(35(4)5)43(54)49-38(9-7-15-47-44(45)55)42(53)48-37-12-10-36(11-13-37)33-34(2)3/h10-13,34-35,38,41H,6-9,14-33H2,1-5H3,(H,46,51)(H,48,53)(H,49,54)(H,50,52)(H3,45,47,55)/t38-,41-/m0/s1. The van der Waals surface area contributed by atoms with Crippen LogP contribution in [0.1, 0.15) is 72.3 Å². The first-order valence-electron chi connectivity index (χ1n) is 22.3. The Kier molecular flexibility index (Phi) is 34.9. The van der Waals surface area contributed by atoms with Crippen molar-refractivity contribution in [1.29, 1.82) is 0 Å². The Morgan fingerprint density at radius 3 is 1.48 bits per heavy atom. The van der Waals surface area contributed by atoms with Gasteiger partial charge in [-0.05, 0) is 55.2 Å². The molecule has 6 amide bonds. The van der Waals surface area contributed by atoms with E-state index in [4.69, 9.17) is 43.6 Å². The van der Waals surface area contributed by atoms with E-state index < -0.39 is 29.9 Å². The van der Waals surface area contributed by atoms with Crippen molar-refractivity contribution in [3.05, 3.63) is 29.8 Å². The van der Waals surface area contributed by atoms with Gasteiger partial charge < -0.3 is 70.2 Å². The van der Waals surface area contributed by atoms with Crippen LogP contribution in [0.3, 0.4) is 0 Å². The molecule has 362 valence electrons. The molecule has 0 heterocycles.